The maximum atomic E-state index is 13.5. The number of carboxylic acids is 1. The number of urea groups is 1. The second-order valence-corrected chi connectivity index (χ2v) is 10.5. The van der Waals surface area contributed by atoms with Gasteiger partial charge < -0.3 is 20.1 Å². The van der Waals surface area contributed by atoms with E-state index in [0.717, 1.165) is 53.8 Å². The van der Waals surface area contributed by atoms with Gasteiger partial charge in [-0.05, 0) is 66.9 Å². The number of aromatic carboxylic acids is 1. The standard InChI is InChI=1S/C30H31FN4O4S/c1-2-3-4-5-16-35-26-14-13-24(40-17-15-20-9-11-21(12-10-20)29(37)38)19-25(26)27(28(35)36)33-34-30(39)32-23-8-6-7-22(31)18-23/h6-14,18-19,36H,2-5,15-17H2,1H3,(H,32,39)(H,37,38). The van der Waals surface area contributed by atoms with Crippen molar-refractivity contribution >= 4 is 46.0 Å². The summed E-state index contributed by atoms with van der Waals surface area (Å²) >= 11 is 1.62. The van der Waals surface area contributed by atoms with Gasteiger partial charge in [-0.1, -0.05) is 49.5 Å². The van der Waals surface area contributed by atoms with Crippen molar-refractivity contribution in [1.29, 1.82) is 0 Å². The number of carboxylic acid groups (broad SMARTS) is 1. The van der Waals surface area contributed by atoms with Gasteiger partial charge in [-0.3, -0.25) is 0 Å². The summed E-state index contributed by atoms with van der Waals surface area (Å²) in [5.74, 6) is -0.737. The van der Waals surface area contributed by atoms with Crippen LogP contribution < -0.4 is 5.32 Å². The number of halogens is 1. The lowest BCUT2D eigenvalue weighted by atomic mass is 10.1. The van der Waals surface area contributed by atoms with E-state index in [4.69, 9.17) is 5.11 Å². The highest BCUT2D eigenvalue weighted by atomic mass is 32.2. The van der Waals surface area contributed by atoms with E-state index in [1.807, 2.05) is 30.3 Å². The molecular weight excluding hydrogens is 531 g/mol. The molecule has 208 valence electrons. The van der Waals surface area contributed by atoms with Gasteiger partial charge in [0, 0.05) is 28.3 Å². The first-order valence-corrected chi connectivity index (χ1v) is 14.1. The summed E-state index contributed by atoms with van der Waals surface area (Å²) in [6, 6.07) is 17.4. The number of fused-ring (bicyclic) bond motifs is 1. The smallest absolute Gasteiger partial charge is 0.364 e. The lowest BCUT2D eigenvalue weighted by Gasteiger charge is -2.07. The number of aryl methyl sites for hydroxylation is 2. The zero-order valence-electron chi connectivity index (χ0n) is 22.1. The number of benzene rings is 3. The highest BCUT2D eigenvalue weighted by molar-refractivity contribution is 7.99. The first-order chi connectivity index (χ1) is 19.4. The Morgan fingerprint density at radius 2 is 1.82 bits per heavy atom. The zero-order valence-corrected chi connectivity index (χ0v) is 23.0. The van der Waals surface area contributed by atoms with E-state index in [9.17, 15) is 19.1 Å². The number of aromatic nitrogens is 1. The molecule has 4 aromatic rings. The average Bonchev–Trinajstić information content (AvgIpc) is 3.19. The predicted octanol–water partition coefficient (Wildman–Crippen LogP) is 8.42. The molecule has 4 rings (SSSR count). The quantitative estimate of drug-likeness (QED) is 0.0910. The molecule has 10 heteroatoms. The molecule has 2 amide bonds. The Kier molecular flexibility index (Phi) is 9.91. The number of azo groups is 1. The Balaban J connectivity index is 1.53. The van der Waals surface area contributed by atoms with Crippen LogP contribution in [-0.4, -0.2) is 32.5 Å². The van der Waals surface area contributed by atoms with Crippen molar-refractivity contribution < 1.29 is 24.2 Å². The average molecular weight is 563 g/mol. The van der Waals surface area contributed by atoms with Crippen LogP contribution >= 0.6 is 11.8 Å². The molecule has 0 aliphatic heterocycles. The summed E-state index contributed by atoms with van der Waals surface area (Å²) in [5, 5.41) is 31.1. The Hall–Kier alpha value is -4.18. The van der Waals surface area contributed by atoms with Crippen molar-refractivity contribution in [3.8, 4) is 5.88 Å². The van der Waals surface area contributed by atoms with Gasteiger partial charge in [-0.2, -0.15) is 0 Å². The van der Waals surface area contributed by atoms with E-state index >= 15 is 0 Å². The molecule has 0 unspecified atom stereocenters. The largest absolute Gasteiger partial charge is 0.493 e. The maximum Gasteiger partial charge on any atom is 0.364 e. The van der Waals surface area contributed by atoms with Crippen molar-refractivity contribution in [1.82, 2.24) is 4.57 Å². The number of anilines is 1. The molecule has 0 atom stereocenters. The minimum absolute atomic E-state index is 0.0607. The molecule has 0 bridgehead atoms. The van der Waals surface area contributed by atoms with Crippen molar-refractivity contribution in [2.45, 2.75) is 50.5 Å². The monoisotopic (exact) mass is 562 g/mol. The van der Waals surface area contributed by atoms with Crippen molar-refractivity contribution in [3.63, 3.8) is 0 Å². The maximum absolute atomic E-state index is 13.5. The van der Waals surface area contributed by atoms with Crippen LogP contribution in [0.1, 0.15) is 48.5 Å². The predicted molar refractivity (Wildman–Crippen MR) is 156 cm³/mol. The molecule has 1 heterocycles. The van der Waals surface area contributed by atoms with Crippen LogP contribution in [0.2, 0.25) is 0 Å². The third-order valence-corrected chi connectivity index (χ3v) is 7.39. The molecule has 40 heavy (non-hydrogen) atoms. The van der Waals surface area contributed by atoms with Gasteiger partial charge in [-0.15, -0.1) is 16.9 Å². The van der Waals surface area contributed by atoms with Crippen LogP contribution in [-0.2, 0) is 13.0 Å². The Labute approximate surface area is 235 Å². The molecule has 0 fully saturated rings. The number of amides is 2. The van der Waals surface area contributed by atoms with Gasteiger partial charge in [-0.25, -0.2) is 14.0 Å². The van der Waals surface area contributed by atoms with Crippen LogP contribution in [0.4, 0.5) is 20.6 Å². The number of carbonyl (C=O) groups excluding carboxylic acids is 1. The molecule has 0 radical (unpaired) electrons. The number of hydrogen-bond donors (Lipinski definition) is 3. The van der Waals surface area contributed by atoms with E-state index in [2.05, 4.69) is 22.5 Å². The topological polar surface area (TPSA) is 116 Å². The number of nitrogens with zero attached hydrogens (tertiary/aromatic N) is 3. The number of carbonyl (C=O) groups is 2. The summed E-state index contributed by atoms with van der Waals surface area (Å²) in [6.07, 6.45) is 4.87. The molecule has 0 saturated heterocycles. The molecule has 0 aliphatic carbocycles. The first-order valence-electron chi connectivity index (χ1n) is 13.1. The number of rotatable bonds is 12. The third-order valence-electron chi connectivity index (χ3n) is 6.39. The highest BCUT2D eigenvalue weighted by Crippen LogP contribution is 2.41. The van der Waals surface area contributed by atoms with Gasteiger partial charge in [0.25, 0.3) is 0 Å². The molecule has 0 spiro atoms. The number of thioether (sulfide) groups is 1. The van der Waals surface area contributed by atoms with Crippen LogP contribution in [0.15, 0.2) is 81.9 Å². The van der Waals surface area contributed by atoms with Crippen LogP contribution in [0.3, 0.4) is 0 Å². The first kappa shape index (κ1) is 28.8. The summed E-state index contributed by atoms with van der Waals surface area (Å²) < 4.78 is 15.2. The number of nitrogens with one attached hydrogen (secondary N) is 1. The normalized spacial score (nSPS) is 11.3. The SMILES string of the molecule is CCCCCCn1c(O)c(N=NC(=O)Nc2cccc(F)c2)c2cc(SCCc3ccc(C(=O)O)cc3)ccc21. The van der Waals surface area contributed by atoms with E-state index in [0.29, 0.717) is 11.9 Å². The Morgan fingerprint density at radius 3 is 2.55 bits per heavy atom. The van der Waals surface area contributed by atoms with Gasteiger partial charge >= 0.3 is 12.0 Å². The third kappa shape index (κ3) is 7.47. The fraction of sp³-hybridized carbons (Fsp3) is 0.267. The van der Waals surface area contributed by atoms with Gasteiger partial charge in [0.1, 0.15) is 5.82 Å². The number of hydrogen-bond acceptors (Lipinski definition) is 5. The molecular formula is C30H31FN4O4S. The van der Waals surface area contributed by atoms with Crippen LogP contribution in [0.5, 0.6) is 5.88 Å². The second kappa shape index (κ2) is 13.7. The molecule has 0 saturated carbocycles. The minimum atomic E-state index is -0.950. The summed E-state index contributed by atoms with van der Waals surface area (Å²) in [4.78, 5) is 24.4. The van der Waals surface area contributed by atoms with Crippen molar-refractivity contribution in [3.05, 3.63) is 83.7 Å². The minimum Gasteiger partial charge on any atom is -0.493 e. The van der Waals surface area contributed by atoms with E-state index in [1.165, 1.54) is 18.2 Å². The number of unbranched alkanes of at least 4 members (excludes halogenated alkanes) is 3. The second-order valence-electron chi connectivity index (χ2n) is 9.30. The van der Waals surface area contributed by atoms with Crippen molar-refractivity contribution in [2.75, 3.05) is 11.1 Å². The lowest BCUT2D eigenvalue weighted by molar-refractivity contribution is 0.0697. The molecule has 3 N–H and O–H groups in total. The van der Waals surface area contributed by atoms with Gasteiger partial charge in [0.2, 0.25) is 5.88 Å². The summed E-state index contributed by atoms with van der Waals surface area (Å²) in [7, 11) is 0. The molecule has 1 aromatic heterocycles. The van der Waals surface area contributed by atoms with E-state index in [-0.39, 0.29) is 22.8 Å². The highest BCUT2D eigenvalue weighted by Gasteiger charge is 2.18. The van der Waals surface area contributed by atoms with Gasteiger partial charge in [0.15, 0.2) is 5.69 Å². The fourth-order valence-electron chi connectivity index (χ4n) is 4.32. The fourth-order valence-corrected chi connectivity index (χ4v) is 5.26. The summed E-state index contributed by atoms with van der Waals surface area (Å²) in [6.45, 7) is 2.74. The molecule has 8 nitrogen and oxygen atoms in total. The van der Waals surface area contributed by atoms with E-state index < -0.39 is 17.8 Å². The number of aromatic hydroxyl groups is 1. The van der Waals surface area contributed by atoms with Crippen LogP contribution in [0.25, 0.3) is 10.9 Å². The molecule has 0 aliphatic rings. The van der Waals surface area contributed by atoms with E-state index in [1.54, 1.807) is 34.5 Å². The van der Waals surface area contributed by atoms with Gasteiger partial charge in [0.05, 0.1) is 11.1 Å². The van der Waals surface area contributed by atoms with Crippen molar-refractivity contribution in [2.24, 2.45) is 10.2 Å². The summed E-state index contributed by atoms with van der Waals surface area (Å²) in [5.41, 5.74) is 2.54. The Bertz CT molecular complexity index is 1520. The van der Waals surface area contributed by atoms with Crippen LogP contribution in [0, 0.1) is 5.82 Å². The zero-order chi connectivity index (χ0) is 28.5. The Morgan fingerprint density at radius 1 is 1.02 bits per heavy atom. The lowest BCUT2D eigenvalue weighted by Crippen LogP contribution is -2.05. The molecule has 3 aromatic carbocycles.